The van der Waals surface area contributed by atoms with Crippen LogP contribution in [-0.4, -0.2) is 29.7 Å². The van der Waals surface area contributed by atoms with Gasteiger partial charge in [0.25, 0.3) is 0 Å². The average molecular weight is 264 g/mol. The first-order valence-corrected chi connectivity index (χ1v) is 7.16. The van der Waals surface area contributed by atoms with Crippen molar-refractivity contribution in [1.29, 1.82) is 0 Å². The van der Waals surface area contributed by atoms with Crippen LogP contribution < -0.4 is 5.32 Å². The summed E-state index contributed by atoms with van der Waals surface area (Å²) in [5.41, 5.74) is 7.53. The first kappa shape index (κ1) is 12.8. The van der Waals surface area contributed by atoms with Crippen molar-refractivity contribution < 1.29 is 9.90 Å². The van der Waals surface area contributed by atoms with E-state index in [0.717, 1.165) is 37.5 Å². The van der Waals surface area contributed by atoms with E-state index in [0.29, 0.717) is 13.1 Å². The molecule has 0 aromatic carbocycles. The second-order valence-electron chi connectivity index (χ2n) is 6.36. The summed E-state index contributed by atoms with van der Waals surface area (Å²) < 4.78 is 0. The van der Waals surface area contributed by atoms with Gasteiger partial charge in [-0.15, -0.1) is 0 Å². The van der Waals surface area contributed by atoms with Crippen LogP contribution in [0.15, 0.2) is 5.11 Å². The average Bonchev–Trinajstić information content (AvgIpc) is 2.36. The van der Waals surface area contributed by atoms with Crippen LogP contribution in [0.1, 0.15) is 32.1 Å². The molecule has 4 aliphatic carbocycles. The lowest BCUT2D eigenvalue weighted by molar-refractivity contribution is -0.164. The van der Waals surface area contributed by atoms with Gasteiger partial charge in [0.05, 0.1) is 0 Å². The van der Waals surface area contributed by atoms with Crippen molar-refractivity contribution in [3.8, 4) is 0 Å². The Morgan fingerprint density at radius 3 is 2.32 bits per heavy atom. The Morgan fingerprint density at radius 2 is 1.84 bits per heavy atom. The number of nitrogens with zero attached hydrogens (tertiary/aromatic N) is 3. The third kappa shape index (κ3) is 1.90. The molecule has 0 aromatic rings. The van der Waals surface area contributed by atoms with E-state index in [9.17, 15) is 9.90 Å². The van der Waals surface area contributed by atoms with Crippen molar-refractivity contribution in [3.63, 3.8) is 0 Å². The second-order valence-corrected chi connectivity index (χ2v) is 6.36. The fourth-order valence-corrected chi connectivity index (χ4v) is 5.00. The Balaban J connectivity index is 1.80. The van der Waals surface area contributed by atoms with Gasteiger partial charge in [0.1, 0.15) is 5.54 Å². The third-order valence-corrected chi connectivity index (χ3v) is 5.47. The molecule has 19 heavy (non-hydrogen) atoms. The standard InChI is InChI=1S/C13H20N4O2/c14-17-16-2-1-15-13(12(18)19)10-4-8-3-9(6-10)7-11(13)5-8/h8-11,15H,1-7H2,(H,18,19). The quantitative estimate of drug-likeness (QED) is 0.344. The number of carboxylic acids is 1. The molecule has 104 valence electrons. The normalized spacial score (nSPS) is 42.9. The number of carbonyl (C=O) groups is 1. The number of hydrogen-bond acceptors (Lipinski definition) is 3. The predicted molar refractivity (Wildman–Crippen MR) is 69.4 cm³/mol. The highest BCUT2D eigenvalue weighted by Gasteiger charge is 2.60. The first-order valence-electron chi connectivity index (χ1n) is 7.16. The molecule has 2 N–H and O–H groups in total. The zero-order valence-corrected chi connectivity index (χ0v) is 11.0. The molecule has 4 fully saturated rings. The van der Waals surface area contributed by atoms with Crippen molar-refractivity contribution in [2.45, 2.75) is 37.6 Å². The molecule has 0 aromatic heterocycles. The minimum Gasteiger partial charge on any atom is -0.480 e. The monoisotopic (exact) mass is 264 g/mol. The Morgan fingerprint density at radius 1 is 1.26 bits per heavy atom. The van der Waals surface area contributed by atoms with Crippen LogP contribution in [0.4, 0.5) is 0 Å². The van der Waals surface area contributed by atoms with E-state index in [1.165, 1.54) is 6.42 Å². The molecule has 0 spiro atoms. The van der Waals surface area contributed by atoms with Crippen LogP contribution in [0.2, 0.25) is 0 Å². The number of rotatable bonds is 5. The summed E-state index contributed by atoms with van der Waals surface area (Å²) in [4.78, 5) is 14.6. The van der Waals surface area contributed by atoms with Gasteiger partial charge in [-0.2, -0.15) is 0 Å². The van der Waals surface area contributed by atoms with Gasteiger partial charge in [0.15, 0.2) is 0 Å². The topological polar surface area (TPSA) is 98.1 Å². The minimum absolute atomic E-state index is 0.257. The fourth-order valence-electron chi connectivity index (χ4n) is 5.00. The molecule has 0 atom stereocenters. The second kappa shape index (κ2) is 4.69. The van der Waals surface area contributed by atoms with Gasteiger partial charge in [-0.25, -0.2) is 0 Å². The van der Waals surface area contributed by atoms with Crippen LogP contribution in [0.5, 0.6) is 0 Å². The molecule has 0 radical (unpaired) electrons. The van der Waals surface area contributed by atoms with E-state index < -0.39 is 11.5 Å². The molecule has 0 saturated heterocycles. The molecular formula is C13H20N4O2. The van der Waals surface area contributed by atoms with E-state index in [1.54, 1.807) is 0 Å². The van der Waals surface area contributed by atoms with Crippen LogP contribution in [-0.2, 0) is 4.79 Å². The minimum atomic E-state index is -0.765. The summed E-state index contributed by atoms with van der Waals surface area (Å²) in [5.74, 6) is 1.30. The third-order valence-electron chi connectivity index (χ3n) is 5.47. The maximum atomic E-state index is 11.9. The van der Waals surface area contributed by atoms with Gasteiger partial charge in [0, 0.05) is 18.0 Å². The number of nitrogens with one attached hydrogen (secondary N) is 1. The van der Waals surface area contributed by atoms with Crippen LogP contribution in [0.3, 0.4) is 0 Å². The van der Waals surface area contributed by atoms with Crippen molar-refractivity contribution in [1.82, 2.24) is 5.32 Å². The Labute approximate surface area is 112 Å². The first-order chi connectivity index (χ1) is 9.16. The Hall–Kier alpha value is -1.26. The number of hydrogen-bond donors (Lipinski definition) is 2. The molecule has 0 aliphatic heterocycles. The highest BCUT2D eigenvalue weighted by Crippen LogP contribution is 2.58. The molecule has 6 nitrogen and oxygen atoms in total. The molecule has 4 saturated carbocycles. The Bertz CT molecular complexity index is 402. The molecular weight excluding hydrogens is 244 g/mol. The van der Waals surface area contributed by atoms with E-state index in [4.69, 9.17) is 5.53 Å². The van der Waals surface area contributed by atoms with Gasteiger partial charge < -0.3 is 10.4 Å². The smallest absolute Gasteiger partial charge is 0.324 e. The molecule has 6 heteroatoms. The summed E-state index contributed by atoms with van der Waals surface area (Å²) in [5, 5.41) is 16.5. The Kier molecular flexibility index (Phi) is 3.15. The van der Waals surface area contributed by atoms with E-state index in [-0.39, 0.29) is 11.8 Å². The van der Waals surface area contributed by atoms with E-state index in [2.05, 4.69) is 15.3 Å². The zero-order chi connectivity index (χ0) is 13.5. The van der Waals surface area contributed by atoms with E-state index in [1.807, 2.05) is 0 Å². The summed E-state index contributed by atoms with van der Waals surface area (Å²) in [6, 6.07) is 0. The lowest BCUT2D eigenvalue weighted by atomic mass is 9.48. The van der Waals surface area contributed by atoms with E-state index >= 15 is 0 Å². The zero-order valence-electron chi connectivity index (χ0n) is 11.0. The SMILES string of the molecule is [N-]=[N+]=NCCNC1(C(=O)O)C2CC3CC(C2)CC1C3. The van der Waals surface area contributed by atoms with Gasteiger partial charge in [0.2, 0.25) is 0 Å². The maximum Gasteiger partial charge on any atom is 0.324 e. The summed E-state index contributed by atoms with van der Waals surface area (Å²) in [6.45, 7) is 0.774. The molecule has 4 aliphatic rings. The molecule has 4 bridgehead atoms. The van der Waals surface area contributed by atoms with Gasteiger partial charge >= 0.3 is 5.97 Å². The molecule has 0 unspecified atom stereocenters. The predicted octanol–water partition coefficient (Wildman–Crippen LogP) is 2.17. The summed E-state index contributed by atoms with van der Waals surface area (Å²) >= 11 is 0. The van der Waals surface area contributed by atoms with Crippen LogP contribution >= 0.6 is 0 Å². The summed E-state index contributed by atoms with van der Waals surface area (Å²) in [6.07, 6.45) is 5.50. The van der Waals surface area contributed by atoms with Crippen molar-refractivity contribution in [2.24, 2.45) is 28.8 Å². The van der Waals surface area contributed by atoms with Crippen molar-refractivity contribution in [3.05, 3.63) is 10.4 Å². The van der Waals surface area contributed by atoms with Crippen molar-refractivity contribution >= 4 is 5.97 Å². The van der Waals surface area contributed by atoms with Crippen LogP contribution in [0, 0.1) is 23.7 Å². The molecule has 0 amide bonds. The highest BCUT2D eigenvalue weighted by atomic mass is 16.4. The number of azide groups is 1. The lowest BCUT2D eigenvalue weighted by Gasteiger charge is -2.59. The number of aliphatic carboxylic acids is 1. The molecule has 4 rings (SSSR count). The van der Waals surface area contributed by atoms with Gasteiger partial charge in [-0.1, -0.05) is 5.11 Å². The summed E-state index contributed by atoms with van der Waals surface area (Å²) in [7, 11) is 0. The van der Waals surface area contributed by atoms with Gasteiger partial charge in [-0.3, -0.25) is 4.79 Å². The lowest BCUT2D eigenvalue weighted by Crippen LogP contribution is -2.69. The largest absolute Gasteiger partial charge is 0.480 e. The van der Waals surface area contributed by atoms with Gasteiger partial charge in [-0.05, 0) is 61.3 Å². The van der Waals surface area contributed by atoms with Crippen molar-refractivity contribution in [2.75, 3.05) is 13.1 Å². The van der Waals surface area contributed by atoms with Crippen LogP contribution in [0.25, 0.3) is 10.4 Å². The number of carboxylic acid groups (broad SMARTS) is 1. The maximum absolute atomic E-state index is 11.9. The highest BCUT2D eigenvalue weighted by molar-refractivity contribution is 5.80. The molecule has 0 heterocycles. The fraction of sp³-hybridized carbons (Fsp3) is 0.923.